The standard InChI is InChI=1S/C25H33N5O2S/c1-29(25-23-11-13-26-24(23)27-18-28-25)22-9-7-20(8-10-22)17-33(31,32)30-14-12-21(16-30)15-19-5-3-2-4-6-19/h2-6,11,13,18,20-22H,7-10,12,14-17H2,1H3,(H,26,27,28)/t20?,21-,22?/m1/s1. The van der Waals surface area contributed by atoms with Gasteiger partial charge in [-0.15, -0.1) is 0 Å². The molecule has 2 fully saturated rings. The summed E-state index contributed by atoms with van der Waals surface area (Å²) in [5.41, 5.74) is 2.15. The fourth-order valence-corrected chi connectivity index (χ4v) is 7.54. The Hall–Kier alpha value is -2.45. The van der Waals surface area contributed by atoms with Crippen LogP contribution >= 0.6 is 0 Å². The monoisotopic (exact) mass is 467 g/mol. The van der Waals surface area contributed by atoms with E-state index in [0.717, 1.165) is 55.4 Å². The highest BCUT2D eigenvalue weighted by Crippen LogP contribution is 2.33. The summed E-state index contributed by atoms with van der Waals surface area (Å²) in [6, 6.07) is 12.8. The molecule has 3 aromatic rings. The summed E-state index contributed by atoms with van der Waals surface area (Å²) < 4.78 is 28.0. The molecule has 33 heavy (non-hydrogen) atoms. The number of aromatic amines is 1. The molecule has 0 spiro atoms. The summed E-state index contributed by atoms with van der Waals surface area (Å²) in [7, 11) is -1.11. The van der Waals surface area contributed by atoms with Crippen LogP contribution in [0.3, 0.4) is 0 Å². The highest BCUT2D eigenvalue weighted by molar-refractivity contribution is 7.89. The maximum Gasteiger partial charge on any atom is 0.214 e. The van der Waals surface area contributed by atoms with Gasteiger partial charge in [-0.05, 0) is 62.0 Å². The van der Waals surface area contributed by atoms with Crippen molar-refractivity contribution < 1.29 is 8.42 Å². The fourth-order valence-electron chi connectivity index (χ4n) is 5.58. The van der Waals surface area contributed by atoms with Gasteiger partial charge in [0.2, 0.25) is 10.0 Å². The van der Waals surface area contributed by atoms with Crippen molar-refractivity contribution in [2.75, 3.05) is 30.8 Å². The number of nitrogens with one attached hydrogen (secondary N) is 1. The van der Waals surface area contributed by atoms with E-state index in [1.54, 1.807) is 10.6 Å². The molecule has 0 amide bonds. The second-order valence-electron chi connectivity index (χ2n) is 9.70. The van der Waals surface area contributed by atoms with Crippen molar-refractivity contribution in [3.63, 3.8) is 0 Å². The summed E-state index contributed by atoms with van der Waals surface area (Å²) in [5, 5.41) is 1.03. The molecule has 1 aromatic carbocycles. The molecule has 1 saturated heterocycles. The van der Waals surface area contributed by atoms with Crippen molar-refractivity contribution in [1.82, 2.24) is 19.3 Å². The van der Waals surface area contributed by atoms with Crippen LogP contribution < -0.4 is 4.90 Å². The molecule has 0 unspecified atom stereocenters. The number of rotatable bonds is 7. The van der Waals surface area contributed by atoms with Crippen molar-refractivity contribution in [3.05, 3.63) is 54.5 Å². The fraction of sp³-hybridized carbons (Fsp3) is 0.520. The Kier molecular flexibility index (Phi) is 6.38. The largest absolute Gasteiger partial charge is 0.356 e. The molecule has 1 atom stereocenters. The first-order valence-corrected chi connectivity index (χ1v) is 13.6. The minimum absolute atomic E-state index is 0.241. The smallest absolute Gasteiger partial charge is 0.214 e. The van der Waals surface area contributed by atoms with Gasteiger partial charge in [0.25, 0.3) is 0 Å². The van der Waals surface area contributed by atoms with Gasteiger partial charge in [0.05, 0.1) is 11.1 Å². The number of H-pyrrole nitrogens is 1. The van der Waals surface area contributed by atoms with E-state index in [-0.39, 0.29) is 11.7 Å². The molecule has 8 heteroatoms. The van der Waals surface area contributed by atoms with Crippen LogP contribution in [0.1, 0.15) is 37.7 Å². The zero-order valence-corrected chi connectivity index (χ0v) is 20.0. The molecule has 1 N–H and O–H groups in total. The lowest BCUT2D eigenvalue weighted by Gasteiger charge is -2.35. The van der Waals surface area contributed by atoms with Gasteiger partial charge in [-0.3, -0.25) is 0 Å². The lowest BCUT2D eigenvalue weighted by atomic mass is 9.86. The Balaban J connectivity index is 1.14. The Morgan fingerprint density at radius 2 is 1.82 bits per heavy atom. The normalized spacial score (nSPS) is 24.3. The molecular formula is C25H33N5O2S. The number of sulfonamides is 1. The SMILES string of the molecule is CN(c1ncnc2[nH]ccc12)C1CCC(CS(=O)(=O)N2CC[C@H](Cc3ccccc3)C2)CC1. The average Bonchev–Trinajstić information content (AvgIpc) is 3.49. The van der Waals surface area contributed by atoms with Crippen LogP contribution in [0.2, 0.25) is 0 Å². The van der Waals surface area contributed by atoms with E-state index in [2.05, 4.69) is 51.2 Å². The van der Waals surface area contributed by atoms with Gasteiger partial charge in [-0.1, -0.05) is 30.3 Å². The second kappa shape index (κ2) is 9.43. The summed E-state index contributed by atoms with van der Waals surface area (Å²) in [4.78, 5) is 14.2. The maximum atomic E-state index is 13.1. The van der Waals surface area contributed by atoms with E-state index in [1.165, 1.54) is 5.56 Å². The summed E-state index contributed by atoms with van der Waals surface area (Å²) in [6.45, 7) is 1.33. The number of anilines is 1. The average molecular weight is 468 g/mol. The molecule has 1 aliphatic carbocycles. The van der Waals surface area contributed by atoms with Crippen molar-refractivity contribution in [2.45, 2.75) is 44.6 Å². The van der Waals surface area contributed by atoms with Crippen LogP contribution in [-0.4, -0.2) is 59.6 Å². The van der Waals surface area contributed by atoms with E-state index in [1.807, 2.05) is 18.3 Å². The van der Waals surface area contributed by atoms with Crippen molar-refractivity contribution >= 4 is 26.9 Å². The molecular weight excluding hydrogens is 434 g/mol. The number of fused-ring (bicyclic) bond motifs is 1. The van der Waals surface area contributed by atoms with Gasteiger partial charge in [0.15, 0.2) is 0 Å². The number of hydrogen-bond donors (Lipinski definition) is 1. The summed E-state index contributed by atoms with van der Waals surface area (Å²) >= 11 is 0. The van der Waals surface area contributed by atoms with Gasteiger partial charge in [0.1, 0.15) is 17.8 Å². The molecule has 0 bridgehead atoms. The van der Waals surface area contributed by atoms with Crippen LogP contribution in [0.4, 0.5) is 5.82 Å². The Morgan fingerprint density at radius 3 is 2.61 bits per heavy atom. The highest BCUT2D eigenvalue weighted by Gasteiger charge is 2.35. The molecule has 7 nitrogen and oxygen atoms in total. The second-order valence-corrected chi connectivity index (χ2v) is 11.7. The van der Waals surface area contributed by atoms with Crippen LogP contribution in [0, 0.1) is 11.8 Å². The third-order valence-corrected chi connectivity index (χ3v) is 9.50. The topological polar surface area (TPSA) is 82.2 Å². The van der Waals surface area contributed by atoms with E-state index >= 15 is 0 Å². The highest BCUT2D eigenvalue weighted by atomic mass is 32.2. The molecule has 1 saturated carbocycles. The minimum atomic E-state index is -3.20. The zero-order valence-electron chi connectivity index (χ0n) is 19.2. The van der Waals surface area contributed by atoms with Crippen molar-refractivity contribution in [3.8, 4) is 0 Å². The third kappa shape index (κ3) is 4.92. The van der Waals surface area contributed by atoms with Crippen LogP contribution in [0.5, 0.6) is 0 Å². The summed E-state index contributed by atoms with van der Waals surface area (Å²) in [5.74, 6) is 1.89. The Bertz CT molecular complexity index is 1170. The van der Waals surface area contributed by atoms with Gasteiger partial charge >= 0.3 is 0 Å². The molecule has 2 aromatic heterocycles. The molecule has 2 aliphatic rings. The van der Waals surface area contributed by atoms with Crippen molar-refractivity contribution in [2.24, 2.45) is 11.8 Å². The van der Waals surface area contributed by atoms with Gasteiger partial charge < -0.3 is 9.88 Å². The van der Waals surface area contributed by atoms with Gasteiger partial charge in [0, 0.05) is 32.4 Å². The van der Waals surface area contributed by atoms with E-state index in [9.17, 15) is 8.42 Å². The quantitative estimate of drug-likeness (QED) is 0.571. The number of benzene rings is 1. The first-order valence-electron chi connectivity index (χ1n) is 12.0. The van der Waals surface area contributed by atoms with E-state index in [4.69, 9.17) is 0 Å². The number of aromatic nitrogens is 3. The predicted molar refractivity (Wildman–Crippen MR) is 132 cm³/mol. The van der Waals surface area contributed by atoms with Crippen LogP contribution in [0.15, 0.2) is 48.9 Å². The number of hydrogen-bond acceptors (Lipinski definition) is 5. The van der Waals surface area contributed by atoms with Crippen LogP contribution in [0.25, 0.3) is 11.0 Å². The lowest BCUT2D eigenvalue weighted by Crippen LogP contribution is -2.39. The predicted octanol–water partition coefficient (Wildman–Crippen LogP) is 3.85. The third-order valence-electron chi connectivity index (χ3n) is 7.49. The van der Waals surface area contributed by atoms with E-state index < -0.39 is 10.0 Å². The first-order chi connectivity index (χ1) is 16.0. The Morgan fingerprint density at radius 1 is 1.03 bits per heavy atom. The lowest BCUT2D eigenvalue weighted by molar-refractivity contribution is 0.335. The van der Waals surface area contributed by atoms with Crippen molar-refractivity contribution in [1.29, 1.82) is 0 Å². The molecule has 1 aliphatic heterocycles. The zero-order chi connectivity index (χ0) is 22.8. The minimum Gasteiger partial charge on any atom is -0.356 e. The van der Waals surface area contributed by atoms with E-state index in [0.29, 0.717) is 25.0 Å². The number of nitrogens with zero attached hydrogens (tertiary/aromatic N) is 4. The molecule has 0 radical (unpaired) electrons. The molecule has 176 valence electrons. The van der Waals surface area contributed by atoms with Gasteiger partial charge in [-0.2, -0.15) is 0 Å². The molecule has 5 rings (SSSR count). The van der Waals surface area contributed by atoms with Crippen LogP contribution in [-0.2, 0) is 16.4 Å². The molecule has 3 heterocycles. The summed E-state index contributed by atoms with van der Waals surface area (Å²) in [6.07, 6.45) is 9.27. The van der Waals surface area contributed by atoms with Gasteiger partial charge in [-0.25, -0.2) is 22.7 Å². The maximum absolute atomic E-state index is 13.1. The Labute approximate surface area is 196 Å². The first kappa shape index (κ1) is 22.3.